The van der Waals surface area contributed by atoms with Crippen LogP contribution in [0.15, 0.2) is 30.3 Å². The van der Waals surface area contributed by atoms with Crippen molar-refractivity contribution in [3.05, 3.63) is 35.9 Å². The molecular weight excluding hydrogens is 246 g/mol. The lowest BCUT2D eigenvalue weighted by molar-refractivity contribution is -0.164. The molecule has 1 saturated heterocycles. The number of carboxylic acids is 1. The van der Waals surface area contributed by atoms with E-state index >= 15 is 0 Å². The van der Waals surface area contributed by atoms with Crippen molar-refractivity contribution in [1.29, 1.82) is 0 Å². The van der Waals surface area contributed by atoms with E-state index in [0.29, 0.717) is 12.0 Å². The van der Waals surface area contributed by atoms with Crippen molar-refractivity contribution in [1.82, 2.24) is 4.90 Å². The second-order valence-electron chi connectivity index (χ2n) is 5.20. The van der Waals surface area contributed by atoms with Gasteiger partial charge in [-0.3, -0.25) is 14.5 Å². The van der Waals surface area contributed by atoms with Gasteiger partial charge in [0.1, 0.15) is 0 Å². The molecule has 0 spiro atoms. The third-order valence-corrected chi connectivity index (χ3v) is 4.07. The van der Waals surface area contributed by atoms with Crippen LogP contribution in [0.25, 0.3) is 0 Å². The molecule has 0 aromatic heterocycles. The molecule has 2 fully saturated rings. The first-order valence-corrected chi connectivity index (χ1v) is 6.14. The highest BCUT2D eigenvalue weighted by atomic mass is 16.4. The summed E-state index contributed by atoms with van der Waals surface area (Å²) in [5.74, 6) is -2.50. The number of nitrogens with zero attached hydrogens (tertiary/aromatic N) is 1. The Morgan fingerprint density at radius 3 is 2.21 bits per heavy atom. The third-order valence-electron chi connectivity index (χ3n) is 4.07. The topological polar surface area (TPSA) is 74.7 Å². The van der Waals surface area contributed by atoms with Crippen LogP contribution in [0.3, 0.4) is 0 Å². The van der Waals surface area contributed by atoms with Crippen LogP contribution in [0.5, 0.6) is 0 Å². The number of imide groups is 1. The predicted molar refractivity (Wildman–Crippen MR) is 64.9 cm³/mol. The minimum atomic E-state index is -1.62. The minimum absolute atomic E-state index is 0.296. The smallest absolute Gasteiger partial charge is 0.334 e. The molecule has 1 aromatic rings. The molecule has 3 rings (SSSR count). The molecule has 3 atom stereocenters. The number of likely N-dealkylation sites (tertiary alicyclic amines) is 1. The van der Waals surface area contributed by atoms with Crippen molar-refractivity contribution in [3.63, 3.8) is 0 Å². The second-order valence-corrected chi connectivity index (χ2v) is 5.20. The lowest BCUT2D eigenvalue weighted by Crippen LogP contribution is -2.53. The van der Waals surface area contributed by atoms with Gasteiger partial charge in [0.15, 0.2) is 5.54 Å². The average molecular weight is 259 g/mol. The summed E-state index contributed by atoms with van der Waals surface area (Å²) in [5.41, 5.74) is -1.19. The van der Waals surface area contributed by atoms with Crippen LogP contribution < -0.4 is 0 Å². The van der Waals surface area contributed by atoms with E-state index in [1.807, 2.05) is 0 Å². The fraction of sp³-hybridized carbons (Fsp3) is 0.357. The molecule has 0 bridgehead atoms. The van der Waals surface area contributed by atoms with Crippen LogP contribution in [0.2, 0.25) is 0 Å². The van der Waals surface area contributed by atoms with E-state index < -0.39 is 11.5 Å². The number of fused-ring (bicyclic) bond motifs is 1. The molecule has 1 aliphatic carbocycles. The molecule has 5 nitrogen and oxygen atoms in total. The first-order valence-electron chi connectivity index (χ1n) is 6.14. The Hall–Kier alpha value is -2.17. The maximum Gasteiger partial charge on any atom is 0.334 e. The number of benzene rings is 1. The monoisotopic (exact) mass is 259 g/mol. The van der Waals surface area contributed by atoms with Gasteiger partial charge in [-0.25, -0.2) is 4.79 Å². The van der Waals surface area contributed by atoms with Crippen LogP contribution in [-0.2, 0) is 19.9 Å². The molecule has 2 amide bonds. The summed E-state index contributed by atoms with van der Waals surface area (Å²) < 4.78 is 0. The standard InChI is InChI=1S/C14H13NO4/c1-14(13(18)19,8-5-3-2-4-6-8)15-11(16)9-7-10(9)12(15)17/h2-6,9-10H,7H2,1H3,(H,18,19). The molecule has 98 valence electrons. The summed E-state index contributed by atoms with van der Waals surface area (Å²) in [5, 5.41) is 9.54. The number of piperidine rings is 1. The molecule has 1 heterocycles. The van der Waals surface area contributed by atoms with Gasteiger partial charge in [0, 0.05) is 0 Å². The van der Waals surface area contributed by atoms with Crippen LogP contribution >= 0.6 is 0 Å². The lowest BCUT2D eigenvalue weighted by atomic mass is 9.90. The minimum Gasteiger partial charge on any atom is -0.479 e. The number of hydrogen-bond acceptors (Lipinski definition) is 3. The molecule has 5 heteroatoms. The van der Waals surface area contributed by atoms with Crippen LogP contribution in [-0.4, -0.2) is 27.8 Å². The highest BCUT2D eigenvalue weighted by Gasteiger charge is 2.64. The fourth-order valence-corrected chi connectivity index (χ4v) is 2.73. The number of carbonyl (C=O) groups is 3. The van der Waals surface area contributed by atoms with E-state index in [4.69, 9.17) is 0 Å². The molecule has 3 unspecified atom stereocenters. The Labute approximate surface area is 109 Å². The van der Waals surface area contributed by atoms with Gasteiger partial charge < -0.3 is 5.11 Å². The Bertz CT molecular complexity index is 562. The van der Waals surface area contributed by atoms with Crippen molar-refractivity contribution >= 4 is 17.8 Å². The Morgan fingerprint density at radius 2 is 1.74 bits per heavy atom. The molecule has 1 saturated carbocycles. The van der Waals surface area contributed by atoms with Gasteiger partial charge in [0.25, 0.3) is 0 Å². The van der Waals surface area contributed by atoms with Gasteiger partial charge in [0.2, 0.25) is 11.8 Å². The highest BCUT2D eigenvalue weighted by Crippen LogP contribution is 2.50. The molecule has 2 aliphatic rings. The summed E-state index contributed by atoms with van der Waals surface area (Å²) in [6, 6.07) is 8.40. The number of aliphatic carboxylic acids is 1. The molecule has 1 N–H and O–H groups in total. The maximum absolute atomic E-state index is 12.1. The van der Waals surface area contributed by atoms with Crippen molar-refractivity contribution in [2.24, 2.45) is 11.8 Å². The van der Waals surface area contributed by atoms with E-state index in [2.05, 4.69) is 0 Å². The summed E-state index contributed by atoms with van der Waals surface area (Å²) in [7, 11) is 0. The number of carbonyl (C=O) groups excluding carboxylic acids is 2. The van der Waals surface area contributed by atoms with Gasteiger partial charge in [0.05, 0.1) is 11.8 Å². The number of carboxylic acid groups (broad SMARTS) is 1. The van der Waals surface area contributed by atoms with Gasteiger partial charge in [-0.05, 0) is 18.9 Å². The molecule has 19 heavy (non-hydrogen) atoms. The predicted octanol–water partition coefficient (Wildman–Crippen LogP) is 0.991. The molecule has 1 aliphatic heterocycles. The summed E-state index contributed by atoms with van der Waals surface area (Å²) >= 11 is 0. The van der Waals surface area contributed by atoms with Crippen LogP contribution in [0.4, 0.5) is 0 Å². The first-order chi connectivity index (χ1) is 8.98. The SMILES string of the molecule is CC(C(=O)O)(c1ccccc1)N1C(=O)C2CC2C1=O. The lowest BCUT2D eigenvalue weighted by Gasteiger charge is -2.34. The highest BCUT2D eigenvalue weighted by molar-refractivity contribution is 6.12. The van der Waals surface area contributed by atoms with Gasteiger partial charge in [-0.1, -0.05) is 30.3 Å². The zero-order valence-electron chi connectivity index (χ0n) is 10.4. The van der Waals surface area contributed by atoms with Gasteiger partial charge >= 0.3 is 5.97 Å². The largest absolute Gasteiger partial charge is 0.479 e. The molecule has 1 aromatic carbocycles. The number of hydrogen-bond donors (Lipinski definition) is 1. The summed E-state index contributed by atoms with van der Waals surface area (Å²) in [6.07, 6.45) is 0.568. The third kappa shape index (κ3) is 1.44. The molecular formula is C14H13NO4. The summed E-state index contributed by atoms with van der Waals surface area (Å²) in [6.45, 7) is 1.41. The first kappa shape index (κ1) is 11.9. The number of amides is 2. The van der Waals surface area contributed by atoms with Crippen molar-refractivity contribution in [3.8, 4) is 0 Å². The second kappa shape index (κ2) is 3.66. The van der Waals surface area contributed by atoms with E-state index in [0.717, 1.165) is 4.90 Å². The fourth-order valence-electron chi connectivity index (χ4n) is 2.73. The van der Waals surface area contributed by atoms with Crippen LogP contribution in [0, 0.1) is 11.8 Å². The Morgan fingerprint density at radius 1 is 1.21 bits per heavy atom. The van der Waals surface area contributed by atoms with Crippen molar-refractivity contribution in [2.75, 3.05) is 0 Å². The molecule has 0 radical (unpaired) electrons. The van der Waals surface area contributed by atoms with Crippen molar-refractivity contribution in [2.45, 2.75) is 18.9 Å². The van der Waals surface area contributed by atoms with E-state index in [-0.39, 0.29) is 23.7 Å². The van der Waals surface area contributed by atoms with E-state index in [1.54, 1.807) is 30.3 Å². The van der Waals surface area contributed by atoms with E-state index in [9.17, 15) is 19.5 Å². The Balaban J connectivity index is 2.10. The average Bonchev–Trinajstić information content (AvgIpc) is 3.15. The zero-order valence-corrected chi connectivity index (χ0v) is 10.4. The maximum atomic E-state index is 12.1. The van der Waals surface area contributed by atoms with E-state index in [1.165, 1.54) is 6.92 Å². The van der Waals surface area contributed by atoms with Gasteiger partial charge in [-0.15, -0.1) is 0 Å². The zero-order chi connectivity index (χ0) is 13.8. The van der Waals surface area contributed by atoms with Crippen molar-refractivity contribution < 1.29 is 19.5 Å². The normalized spacial score (nSPS) is 27.9. The van der Waals surface area contributed by atoms with Gasteiger partial charge in [-0.2, -0.15) is 0 Å². The quantitative estimate of drug-likeness (QED) is 0.821. The van der Waals surface area contributed by atoms with Crippen LogP contribution in [0.1, 0.15) is 18.9 Å². The Kier molecular flexibility index (Phi) is 2.29. The number of rotatable bonds is 3. The summed E-state index contributed by atoms with van der Waals surface area (Å²) in [4.78, 5) is 36.9.